The Hall–Kier alpha value is -0.870. The summed E-state index contributed by atoms with van der Waals surface area (Å²) >= 11 is 0. The fourth-order valence-corrected chi connectivity index (χ4v) is 0.703. The van der Waals surface area contributed by atoms with Crippen molar-refractivity contribution in [2.24, 2.45) is 0 Å². The monoisotopic (exact) mass is 202 g/mol. The second-order valence-corrected chi connectivity index (χ2v) is 2.82. The van der Waals surface area contributed by atoms with Crippen molar-refractivity contribution in [1.82, 2.24) is 0 Å². The Morgan fingerprint density at radius 1 is 1.43 bits per heavy atom. The SMILES string of the molecule is C=C(C)C(=O)OC(C)OCCOCC. The van der Waals surface area contributed by atoms with E-state index in [1.165, 1.54) is 0 Å². The highest BCUT2D eigenvalue weighted by Crippen LogP contribution is 1.99. The summed E-state index contributed by atoms with van der Waals surface area (Å²) in [4.78, 5) is 11.0. The van der Waals surface area contributed by atoms with Crippen LogP contribution >= 0.6 is 0 Å². The maximum absolute atomic E-state index is 11.0. The summed E-state index contributed by atoms with van der Waals surface area (Å²) in [6.45, 7) is 10.2. The molecule has 14 heavy (non-hydrogen) atoms. The lowest BCUT2D eigenvalue weighted by Crippen LogP contribution is -2.20. The normalized spacial score (nSPS) is 12.2. The maximum Gasteiger partial charge on any atom is 0.335 e. The fourth-order valence-electron chi connectivity index (χ4n) is 0.703. The molecule has 0 fully saturated rings. The van der Waals surface area contributed by atoms with Crippen LogP contribution in [0.4, 0.5) is 0 Å². The van der Waals surface area contributed by atoms with Gasteiger partial charge in [-0.25, -0.2) is 4.79 Å². The average molecular weight is 202 g/mol. The van der Waals surface area contributed by atoms with Gasteiger partial charge in [-0.3, -0.25) is 0 Å². The van der Waals surface area contributed by atoms with Gasteiger partial charge >= 0.3 is 5.97 Å². The summed E-state index contributed by atoms with van der Waals surface area (Å²) in [5, 5.41) is 0. The number of carbonyl (C=O) groups is 1. The van der Waals surface area contributed by atoms with Crippen molar-refractivity contribution in [2.45, 2.75) is 27.1 Å². The number of rotatable bonds is 7. The van der Waals surface area contributed by atoms with Gasteiger partial charge in [0.05, 0.1) is 13.2 Å². The smallest absolute Gasteiger partial charge is 0.335 e. The van der Waals surface area contributed by atoms with Gasteiger partial charge in [-0.05, 0) is 20.8 Å². The van der Waals surface area contributed by atoms with Crippen molar-refractivity contribution in [1.29, 1.82) is 0 Å². The topological polar surface area (TPSA) is 44.8 Å². The lowest BCUT2D eigenvalue weighted by atomic mass is 10.4. The van der Waals surface area contributed by atoms with Gasteiger partial charge in [-0.15, -0.1) is 0 Å². The molecule has 4 heteroatoms. The molecule has 0 bridgehead atoms. The zero-order chi connectivity index (χ0) is 11.0. The third-order valence-electron chi connectivity index (χ3n) is 1.41. The first kappa shape index (κ1) is 13.1. The molecule has 0 radical (unpaired) electrons. The number of hydrogen-bond donors (Lipinski definition) is 0. The summed E-state index contributed by atoms with van der Waals surface area (Å²) in [5.41, 5.74) is 0.366. The molecule has 4 nitrogen and oxygen atoms in total. The molecule has 0 heterocycles. The molecule has 0 spiro atoms. The Morgan fingerprint density at radius 2 is 2.07 bits per heavy atom. The van der Waals surface area contributed by atoms with Gasteiger partial charge in [0, 0.05) is 12.2 Å². The van der Waals surface area contributed by atoms with E-state index in [9.17, 15) is 4.79 Å². The van der Waals surface area contributed by atoms with Crippen LogP contribution < -0.4 is 0 Å². The van der Waals surface area contributed by atoms with E-state index < -0.39 is 12.3 Å². The highest BCUT2D eigenvalue weighted by Gasteiger charge is 2.09. The van der Waals surface area contributed by atoms with Crippen molar-refractivity contribution in [3.63, 3.8) is 0 Å². The van der Waals surface area contributed by atoms with Crippen molar-refractivity contribution in [3.8, 4) is 0 Å². The van der Waals surface area contributed by atoms with Crippen LogP contribution in [-0.4, -0.2) is 32.1 Å². The van der Waals surface area contributed by atoms with Crippen molar-refractivity contribution in [3.05, 3.63) is 12.2 Å². The van der Waals surface area contributed by atoms with E-state index >= 15 is 0 Å². The molecule has 1 unspecified atom stereocenters. The van der Waals surface area contributed by atoms with Crippen LogP contribution in [0, 0.1) is 0 Å². The predicted molar refractivity (Wildman–Crippen MR) is 52.8 cm³/mol. The van der Waals surface area contributed by atoms with Crippen LogP contribution in [-0.2, 0) is 19.0 Å². The first-order valence-corrected chi connectivity index (χ1v) is 4.63. The molecule has 0 amide bonds. The zero-order valence-electron chi connectivity index (χ0n) is 9.04. The van der Waals surface area contributed by atoms with Crippen LogP contribution in [0.5, 0.6) is 0 Å². The third kappa shape index (κ3) is 6.62. The molecule has 82 valence electrons. The molecule has 0 aliphatic heterocycles. The Balaban J connectivity index is 3.50. The zero-order valence-corrected chi connectivity index (χ0v) is 9.04. The molecular formula is C10H18O4. The predicted octanol–water partition coefficient (Wildman–Crippen LogP) is 1.50. The second-order valence-electron chi connectivity index (χ2n) is 2.82. The van der Waals surface area contributed by atoms with Crippen LogP contribution in [0.25, 0.3) is 0 Å². The van der Waals surface area contributed by atoms with E-state index in [-0.39, 0.29) is 0 Å². The first-order chi connectivity index (χ1) is 6.57. The molecule has 0 saturated heterocycles. The molecule has 0 aromatic rings. The molecule has 0 aromatic heterocycles. The summed E-state index contributed by atoms with van der Waals surface area (Å²) in [5.74, 6) is -0.436. The van der Waals surface area contributed by atoms with Crippen molar-refractivity contribution in [2.75, 3.05) is 19.8 Å². The van der Waals surface area contributed by atoms with E-state index in [1.54, 1.807) is 13.8 Å². The average Bonchev–Trinajstić information content (AvgIpc) is 2.12. The van der Waals surface area contributed by atoms with E-state index in [1.807, 2.05) is 6.92 Å². The van der Waals surface area contributed by atoms with Crippen LogP contribution in [0.2, 0.25) is 0 Å². The van der Waals surface area contributed by atoms with Crippen molar-refractivity contribution < 1.29 is 19.0 Å². The second kappa shape index (κ2) is 7.53. The molecule has 0 N–H and O–H groups in total. The molecule has 0 aliphatic carbocycles. The lowest BCUT2D eigenvalue weighted by Gasteiger charge is -2.13. The Kier molecular flexibility index (Phi) is 7.06. The van der Waals surface area contributed by atoms with Crippen LogP contribution in [0.1, 0.15) is 20.8 Å². The maximum atomic E-state index is 11.0. The van der Waals surface area contributed by atoms with Gasteiger partial charge in [0.15, 0.2) is 0 Å². The fraction of sp³-hybridized carbons (Fsp3) is 0.700. The molecule has 0 saturated carbocycles. The minimum absolute atomic E-state index is 0.366. The molecule has 0 aromatic carbocycles. The van der Waals surface area contributed by atoms with Gasteiger partial charge in [-0.1, -0.05) is 6.58 Å². The standard InChI is InChI=1S/C10H18O4/c1-5-12-6-7-13-9(4)14-10(11)8(2)3/h9H,2,5-7H2,1,3-4H3. The van der Waals surface area contributed by atoms with Gasteiger partial charge in [0.2, 0.25) is 6.29 Å². The minimum atomic E-state index is -0.556. The Morgan fingerprint density at radius 3 is 2.57 bits per heavy atom. The Bertz CT molecular complexity index is 189. The summed E-state index contributed by atoms with van der Waals surface area (Å²) < 4.78 is 15.1. The quantitative estimate of drug-likeness (QED) is 0.271. The van der Waals surface area contributed by atoms with Gasteiger partial charge < -0.3 is 14.2 Å². The molecule has 0 rings (SSSR count). The lowest BCUT2D eigenvalue weighted by molar-refractivity contribution is -0.172. The van der Waals surface area contributed by atoms with E-state index in [0.29, 0.717) is 25.4 Å². The number of carbonyl (C=O) groups excluding carboxylic acids is 1. The van der Waals surface area contributed by atoms with Crippen LogP contribution in [0.3, 0.4) is 0 Å². The summed E-state index contributed by atoms with van der Waals surface area (Å²) in [6.07, 6.45) is -0.556. The van der Waals surface area contributed by atoms with E-state index in [0.717, 1.165) is 0 Å². The molecule has 0 aliphatic rings. The van der Waals surface area contributed by atoms with E-state index in [2.05, 4.69) is 6.58 Å². The van der Waals surface area contributed by atoms with Gasteiger partial charge in [-0.2, -0.15) is 0 Å². The van der Waals surface area contributed by atoms with E-state index in [4.69, 9.17) is 14.2 Å². The van der Waals surface area contributed by atoms with Gasteiger partial charge in [0.25, 0.3) is 0 Å². The number of ether oxygens (including phenoxy) is 3. The first-order valence-electron chi connectivity index (χ1n) is 4.63. The minimum Gasteiger partial charge on any atom is -0.433 e. The van der Waals surface area contributed by atoms with Crippen molar-refractivity contribution >= 4 is 5.97 Å². The van der Waals surface area contributed by atoms with Crippen LogP contribution in [0.15, 0.2) is 12.2 Å². The third-order valence-corrected chi connectivity index (χ3v) is 1.41. The molecule has 1 atom stereocenters. The highest BCUT2D eigenvalue weighted by molar-refractivity contribution is 5.86. The Labute approximate surface area is 84.8 Å². The number of hydrogen-bond acceptors (Lipinski definition) is 4. The summed E-state index contributed by atoms with van der Waals surface area (Å²) in [6, 6.07) is 0. The summed E-state index contributed by atoms with van der Waals surface area (Å²) in [7, 11) is 0. The highest BCUT2D eigenvalue weighted by atomic mass is 16.7. The number of esters is 1. The molecular weight excluding hydrogens is 184 g/mol. The largest absolute Gasteiger partial charge is 0.433 e. The van der Waals surface area contributed by atoms with Gasteiger partial charge in [0.1, 0.15) is 0 Å².